The lowest BCUT2D eigenvalue weighted by molar-refractivity contribution is -0.131. The van der Waals surface area contributed by atoms with Crippen molar-refractivity contribution in [2.24, 2.45) is 0 Å². The number of thiazole rings is 1. The van der Waals surface area contributed by atoms with Gasteiger partial charge in [-0.3, -0.25) is 9.69 Å². The molecule has 0 unspecified atom stereocenters. The summed E-state index contributed by atoms with van der Waals surface area (Å²) in [5.74, 6) is 0.228. The number of furan rings is 1. The van der Waals surface area contributed by atoms with E-state index < -0.39 is 0 Å². The van der Waals surface area contributed by atoms with E-state index >= 15 is 0 Å². The molecule has 7 heteroatoms. The summed E-state index contributed by atoms with van der Waals surface area (Å²) in [7, 11) is 0. The van der Waals surface area contributed by atoms with Crippen molar-refractivity contribution in [3.63, 3.8) is 0 Å². The molecule has 2 aliphatic heterocycles. The third-order valence-corrected chi connectivity index (χ3v) is 5.95. The number of rotatable bonds is 7. The molecule has 2 aromatic heterocycles. The van der Waals surface area contributed by atoms with Crippen molar-refractivity contribution in [2.45, 2.75) is 38.3 Å². The molecule has 6 nitrogen and oxygen atoms in total. The molecule has 0 bridgehead atoms. The zero-order chi connectivity index (χ0) is 17.8. The second kappa shape index (κ2) is 8.33. The van der Waals surface area contributed by atoms with Crippen LogP contribution in [0.2, 0.25) is 0 Å². The number of hydrogen-bond acceptors (Lipinski definition) is 6. The van der Waals surface area contributed by atoms with Crippen LogP contribution in [0.1, 0.15) is 31.4 Å². The number of ether oxygens (including phenoxy) is 1. The maximum Gasteiger partial charge on any atom is 0.236 e. The summed E-state index contributed by atoms with van der Waals surface area (Å²) in [5.41, 5.74) is 2.00. The van der Waals surface area contributed by atoms with Crippen LogP contribution in [-0.4, -0.2) is 59.6 Å². The molecule has 0 aromatic carbocycles. The maximum absolute atomic E-state index is 12.6. The molecule has 0 aliphatic carbocycles. The highest BCUT2D eigenvalue weighted by atomic mass is 32.1. The van der Waals surface area contributed by atoms with Crippen LogP contribution >= 0.6 is 11.3 Å². The van der Waals surface area contributed by atoms with Gasteiger partial charge in [0.15, 0.2) is 0 Å². The zero-order valence-electron chi connectivity index (χ0n) is 14.9. The molecule has 1 amide bonds. The topological polar surface area (TPSA) is 58.8 Å². The zero-order valence-corrected chi connectivity index (χ0v) is 15.7. The molecule has 0 radical (unpaired) electrons. The minimum atomic E-state index is 0.228. The van der Waals surface area contributed by atoms with E-state index in [0.29, 0.717) is 13.1 Å². The summed E-state index contributed by atoms with van der Waals surface area (Å²) in [6.45, 7) is 4.53. The van der Waals surface area contributed by atoms with Gasteiger partial charge in [0.25, 0.3) is 0 Å². The first-order chi connectivity index (χ1) is 12.8. The molecule has 4 rings (SSSR count). The van der Waals surface area contributed by atoms with Crippen LogP contribution in [0, 0.1) is 0 Å². The van der Waals surface area contributed by atoms with Gasteiger partial charge in [-0.05, 0) is 31.7 Å². The molecule has 1 atom stereocenters. The molecule has 2 aromatic rings. The van der Waals surface area contributed by atoms with Crippen molar-refractivity contribution >= 4 is 17.2 Å². The Bertz CT molecular complexity index is 703. The van der Waals surface area contributed by atoms with Gasteiger partial charge >= 0.3 is 0 Å². The number of nitrogens with zero attached hydrogens (tertiary/aromatic N) is 3. The molecule has 2 aliphatic rings. The predicted octanol–water partition coefficient (Wildman–Crippen LogP) is 3.01. The first-order valence-corrected chi connectivity index (χ1v) is 10.2. The summed E-state index contributed by atoms with van der Waals surface area (Å²) < 4.78 is 10.9. The second-order valence-corrected chi connectivity index (χ2v) is 7.91. The van der Waals surface area contributed by atoms with Gasteiger partial charge in [-0.15, -0.1) is 11.3 Å². The summed E-state index contributed by atoms with van der Waals surface area (Å²) in [5, 5.41) is 3.03. The van der Waals surface area contributed by atoms with Crippen LogP contribution < -0.4 is 0 Å². The highest BCUT2D eigenvalue weighted by Gasteiger charge is 2.25. The van der Waals surface area contributed by atoms with E-state index in [1.54, 1.807) is 23.9 Å². The van der Waals surface area contributed by atoms with E-state index in [1.165, 1.54) is 0 Å². The number of aromatic nitrogens is 1. The standard InChI is InChI=1S/C19H25N3O3S/c23-18(22-6-1-2-7-22)12-21(11-17-4-3-8-25-17)10-16-14-26-19(20-16)15-5-9-24-13-15/h5,9,13-14,17H,1-4,6-8,10-12H2/t17-/m1/s1. The highest BCUT2D eigenvalue weighted by Crippen LogP contribution is 2.25. The van der Waals surface area contributed by atoms with Crippen LogP contribution in [0.4, 0.5) is 0 Å². The fourth-order valence-electron chi connectivity index (χ4n) is 3.65. The average molecular weight is 375 g/mol. The van der Waals surface area contributed by atoms with E-state index in [4.69, 9.17) is 14.1 Å². The van der Waals surface area contributed by atoms with Crippen LogP contribution in [0.15, 0.2) is 28.4 Å². The van der Waals surface area contributed by atoms with E-state index in [-0.39, 0.29) is 12.0 Å². The third-order valence-electron chi connectivity index (χ3n) is 5.01. The molecule has 4 heterocycles. The number of amides is 1. The van der Waals surface area contributed by atoms with Gasteiger partial charge in [0.2, 0.25) is 5.91 Å². The molecule has 26 heavy (non-hydrogen) atoms. The van der Waals surface area contributed by atoms with E-state index in [9.17, 15) is 4.79 Å². The molecule has 0 spiro atoms. The van der Waals surface area contributed by atoms with Gasteiger partial charge in [0.05, 0.1) is 24.6 Å². The first kappa shape index (κ1) is 17.7. The quantitative estimate of drug-likeness (QED) is 0.745. The SMILES string of the molecule is O=C(CN(Cc1csc(-c2ccoc2)n1)C[C@H]1CCCO1)N1CCCC1. The van der Waals surface area contributed by atoms with Crippen molar-refractivity contribution in [2.75, 3.05) is 32.8 Å². The summed E-state index contributed by atoms with van der Waals surface area (Å²) in [6, 6.07) is 1.92. The Morgan fingerprint density at radius 3 is 2.96 bits per heavy atom. The van der Waals surface area contributed by atoms with Crippen molar-refractivity contribution in [3.05, 3.63) is 29.7 Å². The molecular formula is C19H25N3O3S. The summed E-state index contributed by atoms with van der Waals surface area (Å²) in [6.07, 6.45) is 8.03. The molecule has 140 valence electrons. The molecular weight excluding hydrogens is 350 g/mol. The van der Waals surface area contributed by atoms with Gasteiger partial charge in [-0.25, -0.2) is 4.98 Å². The minimum Gasteiger partial charge on any atom is -0.472 e. The van der Waals surface area contributed by atoms with E-state index in [2.05, 4.69) is 10.3 Å². The monoisotopic (exact) mass is 375 g/mol. The average Bonchev–Trinajstić information content (AvgIpc) is 3.40. The Morgan fingerprint density at radius 1 is 1.35 bits per heavy atom. The molecule has 2 fully saturated rings. The van der Waals surface area contributed by atoms with Gasteiger partial charge in [-0.1, -0.05) is 0 Å². The first-order valence-electron chi connectivity index (χ1n) is 9.36. The fraction of sp³-hybridized carbons (Fsp3) is 0.579. The fourth-order valence-corrected chi connectivity index (χ4v) is 4.44. The van der Waals surface area contributed by atoms with Crippen LogP contribution in [0.5, 0.6) is 0 Å². The smallest absolute Gasteiger partial charge is 0.236 e. The number of carbonyl (C=O) groups excluding carboxylic acids is 1. The van der Waals surface area contributed by atoms with Gasteiger partial charge < -0.3 is 14.1 Å². The van der Waals surface area contributed by atoms with Gasteiger partial charge in [-0.2, -0.15) is 0 Å². The van der Waals surface area contributed by atoms with Crippen molar-refractivity contribution in [3.8, 4) is 10.6 Å². The Kier molecular flexibility index (Phi) is 5.67. The van der Waals surface area contributed by atoms with Crippen molar-refractivity contribution < 1.29 is 13.9 Å². The lowest BCUT2D eigenvalue weighted by Crippen LogP contribution is -2.41. The third kappa shape index (κ3) is 4.34. The largest absolute Gasteiger partial charge is 0.472 e. The summed E-state index contributed by atoms with van der Waals surface area (Å²) >= 11 is 1.61. The molecule has 0 saturated carbocycles. The summed E-state index contributed by atoms with van der Waals surface area (Å²) in [4.78, 5) is 21.5. The van der Waals surface area contributed by atoms with Crippen LogP contribution in [0.3, 0.4) is 0 Å². The molecule has 2 saturated heterocycles. The number of hydrogen-bond donors (Lipinski definition) is 0. The lowest BCUT2D eigenvalue weighted by atomic mass is 10.2. The maximum atomic E-state index is 12.6. The van der Waals surface area contributed by atoms with Crippen LogP contribution in [0.25, 0.3) is 10.6 Å². The normalized spacial score (nSPS) is 20.3. The number of carbonyl (C=O) groups is 1. The minimum absolute atomic E-state index is 0.228. The van der Waals surface area contributed by atoms with E-state index in [0.717, 1.165) is 68.2 Å². The Hall–Kier alpha value is -1.70. The lowest BCUT2D eigenvalue weighted by Gasteiger charge is -2.26. The van der Waals surface area contributed by atoms with E-state index in [1.807, 2.05) is 11.0 Å². The van der Waals surface area contributed by atoms with Gasteiger partial charge in [0, 0.05) is 43.7 Å². The van der Waals surface area contributed by atoms with Gasteiger partial charge in [0.1, 0.15) is 11.3 Å². The molecule has 0 N–H and O–H groups in total. The van der Waals surface area contributed by atoms with Crippen molar-refractivity contribution in [1.82, 2.24) is 14.8 Å². The highest BCUT2D eigenvalue weighted by molar-refractivity contribution is 7.13. The Balaban J connectivity index is 1.42. The van der Waals surface area contributed by atoms with Crippen LogP contribution in [-0.2, 0) is 16.1 Å². The number of likely N-dealkylation sites (tertiary alicyclic amines) is 1. The Labute approximate surface area is 157 Å². The second-order valence-electron chi connectivity index (χ2n) is 7.05. The van der Waals surface area contributed by atoms with Crippen molar-refractivity contribution in [1.29, 1.82) is 0 Å². The predicted molar refractivity (Wildman–Crippen MR) is 99.9 cm³/mol. The Morgan fingerprint density at radius 2 is 2.23 bits per heavy atom.